The van der Waals surface area contributed by atoms with Gasteiger partial charge in [0.1, 0.15) is 0 Å². The van der Waals surface area contributed by atoms with Gasteiger partial charge in [0.2, 0.25) is 0 Å². The van der Waals surface area contributed by atoms with E-state index in [2.05, 4.69) is 58.1 Å². The molecule has 0 bridgehead atoms. The van der Waals surface area contributed by atoms with Crippen LogP contribution in [0.15, 0.2) is 6.20 Å². The Morgan fingerprint density at radius 3 is 2.22 bits per heavy atom. The molecule has 0 spiro atoms. The average molecular weight is 251 g/mol. The number of aromatic nitrogens is 3. The first-order chi connectivity index (χ1) is 8.16. The van der Waals surface area contributed by atoms with E-state index in [0.717, 1.165) is 18.7 Å². The van der Waals surface area contributed by atoms with Crippen LogP contribution in [-0.4, -0.2) is 15.0 Å². The zero-order valence-corrected chi connectivity index (χ0v) is 13.0. The van der Waals surface area contributed by atoms with E-state index in [0.29, 0.717) is 5.41 Å². The fraction of sp³-hybridized carbons (Fsp3) is 0.867. The molecular weight excluding hydrogens is 222 g/mol. The summed E-state index contributed by atoms with van der Waals surface area (Å²) in [7, 11) is 0. The normalized spacial score (nSPS) is 13.0. The molecule has 1 aromatic rings. The molecule has 3 nitrogen and oxygen atoms in total. The molecule has 0 amide bonds. The molecule has 0 radical (unpaired) electrons. The number of nitrogens with zero attached hydrogens (tertiary/aromatic N) is 3. The predicted molar refractivity (Wildman–Crippen MR) is 76.5 cm³/mol. The second-order valence-corrected chi connectivity index (χ2v) is 7.73. The Morgan fingerprint density at radius 1 is 1.00 bits per heavy atom. The second kappa shape index (κ2) is 5.85. The first-order valence-corrected chi connectivity index (χ1v) is 7.05. The van der Waals surface area contributed by atoms with Crippen LogP contribution in [0.2, 0.25) is 0 Å². The van der Waals surface area contributed by atoms with Crippen molar-refractivity contribution in [2.75, 3.05) is 0 Å². The largest absolute Gasteiger partial charge is 0.252 e. The van der Waals surface area contributed by atoms with Crippen LogP contribution in [0.4, 0.5) is 0 Å². The highest BCUT2D eigenvalue weighted by molar-refractivity contribution is 4.95. The van der Waals surface area contributed by atoms with E-state index in [1.165, 1.54) is 19.3 Å². The Balaban J connectivity index is 2.32. The molecule has 1 rings (SSSR count). The average Bonchev–Trinajstić information content (AvgIpc) is 2.56. The fourth-order valence-electron chi connectivity index (χ4n) is 2.00. The maximum atomic E-state index is 4.24. The first-order valence-electron chi connectivity index (χ1n) is 7.05. The zero-order chi connectivity index (χ0) is 13.8. The zero-order valence-electron chi connectivity index (χ0n) is 13.0. The molecule has 0 saturated heterocycles. The molecule has 104 valence electrons. The van der Waals surface area contributed by atoms with Gasteiger partial charge in [-0.2, -0.15) is 0 Å². The quantitative estimate of drug-likeness (QED) is 0.738. The Bertz CT molecular complexity index is 353. The molecule has 18 heavy (non-hydrogen) atoms. The van der Waals surface area contributed by atoms with Crippen LogP contribution < -0.4 is 0 Å². The smallest absolute Gasteiger partial charge is 0.0832 e. The molecular formula is C15H29N3. The third-order valence-electron chi connectivity index (χ3n) is 2.86. The van der Waals surface area contributed by atoms with Crippen molar-refractivity contribution < 1.29 is 0 Å². The van der Waals surface area contributed by atoms with Crippen LogP contribution >= 0.6 is 0 Å². The number of hydrogen-bond donors (Lipinski definition) is 0. The van der Waals surface area contributed by atoms with Gasteiger partial charge in [-0.25, -0.2) is 0 Å². The highest BCUT2D eigenvalue weighted by Gasteiger charge is 2.14. The third kappa shape index (κ3) is 6.77. The molecule has 0 aliphatic rings. The van der Waals surface area contributed by atoms with Crippen molar-refractivity contribution in [2.45, 2.75) is 73.8 Å². The standard InChI is InChI=1S/C15H29N3/c1-14(2,3)9-7-8-10-18-12-13(16-17-18)11-15(4,5)6/h12H,7-11H2,1-6H3. The molecule has 1 heterocycles. The summed E-state index contributed by atoms with van der Waals surface area (Å²) in [6.45, 7) is 14.6. The minimum absolute atomic E-state index is 0.285. The van der Waals surface area contributed by atoms with Gasteiger partial charge in [0.25, 0.3) is 0 Å². The fourth-order valence-corrected chi connectivity index (χ4v) is 2.00. The maximum absolute atomic E-state index is 4.24. The summed E-state index contributed by atoms with van der Waals surface area (Å²) in [6.07, 6.45) is 6.82. The SMILES string of the molecule is CC(C)(C)CCCCn1cc(CC(C)(C)C)nn1. The van der Waals surface area contributed by atoms with E-state index in [1.807, 2.05) is 4.68 Å². The van der Waals surface area contributed by atoms with Crippen LogP contribution in [0.5, 0.6) is 0 Å². The van der Waals surface area contributed by atoms with E-state index < -0.39 is 0 Å². The van der Waals surface area contributed by atoms with Gasteiger partial charge in [0.15, 0.2) is 0 Å². The molecule has 0 unspecified atom stereocenters. The summed E-state index contributed by atoms with van der Waals surface area (Å²) in [5, 5.41) is 8.44. The predicted octanol–water partition coefficient (Wildman–Crippen LogP) is 4.08. The Labute approximate surface area is 112 Å². The third-order valence-corrected chi connectivity index (χ3v) is 2.86. The van der Waals surface area contributed by atoms with Crippen LogP contribution in [0.25, 0.3) is 0 Å². The van der Waals surface area contributed by atoms with E-state index in [1.54, 1.807) is 0 Å². The molecule has 0 saturated carbocycles. The molecule has 0 fully saturated rings. The van der Waals surface area contributed by atoms with Gasteiger partial charge >= 0.3 is 0 Å². The summed E-state index contributed by atoms with van der Waals surface area (Å²) in [5.41, 5.74) is 1.84. The molecule has 3 heteroatoms. The summed E-state index contributed by atoms with van der Waals surface area (Å²) in [5.74, 6) is 0. The van der Waals surface area contributed by atoms with Crippen molar-refractivity contribution >= 4 is 0 Å². The highest BCUT2D eigenvalue weighted by Crippen LogP contribution is 2.22. The van der Waals surface area contributed by atoms with Gasteiger partial charge in [0.05, 0.1) is 5.69 Å². The van der Waals surface area contributed by atoms with Crippen LogP contribution in [0, 0.1) is 10.8 Å². The molecule has 0 atom stereocenters. The lowest BCUT2D eigenvalue weighted by molar-refractivity contribution is 0.352. The molecule has 0 N–H and O–H groups in total. The van der Waals surface area contributed by atoms with Crippen molar-refractivity contribution in [1.82, 2.24) is 15.0 Å². The molecule has 0 aliphatic heterocycles. The lowest BCUT2D eigenvalue weighted by Gasteiger charge is -2.17. The van der Waals surface area contributed by atoms with E-state index in [4.69, 9.17) is 0 Å². The van der Waals surface area contributed by atoms with Gasteiger partial charge in [-0.05, 0) is 30.1 Å². The lowest BCUT2D eigenvalue weighted by Crippen LogP contribution is -2.09. The number of hydrogen-bond acceptors (Lipinski definition) is 2. The molecule has 1 aromatic heterocycles. The van der Waals surface area contributed by atoms with Gasteiger partial charge in [-0.1, -0.05) is 53.2 Å². The van der Waals surface area contributed by atoms with Crippen LogP contribution in [0.3, 0.4) is 0 Å². The second-order valence-electron chi connectivity index (χ2n) is 7.73. The molecule has 0 aromatic carbocycles. The summed E-state index contributed by atoms with van der Waals surface area (Å²) in [4.78, 5) is 0. The number of aryl methyl sites for hydroxylation is 1. The van der Waals surface area contributed by atoms with E-state index >= 15 is 0 Å². The van der Waals surface area contributed by atoms with Crippen molar-refractivity contribution in [1.29, 1.82) is 0 Å². The minimum Gasteiger partial charge on any atom is -0.252 e. The van der Waals surface area contributed by atoms with Crippen LogP contribution in [-0.2, 0) is 13.0 Å². The monoisotopic (exact) mass is 251 g/mol. The van der Waals surface area contributed by atoms with Crippen molar-refractivity contribution in [3.8, 4) is 0 Å². The lowest BCUT2D eigenvalue weighted by atomic mass is 9.90. The summed E-state index contributed by atoms with van der Waals surface area (Å²) >= 11 is 0. The minimum atomic E-state index is 0.285. The van der Waals surface area contributed by atoms with Gasteiger partial charge in [-0.3, -0.25) is 4.68 Å². The van der Waals surface area contributed by atoms with Gasteiger partial charge in [-0.15, -0.1) is 5.10 Å². The Kier molecular flexibility index (Phi) is 4.94. The molecule has 0 aliphatic carbocycles. The van der Waals surface area contributed by atoms with Gasteiger partial charge in [0, 0.05) is 12.7 Å². The number of unbranched alkanes of at least 4 members (excludes halogenated alkanes) is 1. The van der Waals surface area contributed by atoms with Crippen molar-refractivity contribution in [3.05, 3.63) is 11.9 Å². The van der Waals surface area contributed by atoms with Crippen LogP contribution in [0.1, 0.15) is 66.5 Å². The van der Waals surface area contributed by atoms with Gasteiger partial charge < -0.3 is 0 Å². The maximum Gasteiger partial charge on any atom is 0.0832 e. The topological polar surface area (TPSA) is 30.7 Å². The van der Waals surface area contributed by atoms with Crippen molar-refractivity contribution in [3.63, 3.8) is 0 Å². The summed E-state index contributed by atoms with van der Waals surface area (Å²) in [6, 6.07) is 0. The number of rotatable bonds is 5. The summed E-state index contributed by atoms with van der Waals surface area (Å²) < 4.78 is 1.99. The van der Waals surface area contributed by atoms with Crippen molar-refractivity contribution in [2.24, 2.45) is 10.8 Å². The van der Waals surface area contributed by atoms with E-state index in [-0.39, 0.29) is 5.41 Å². The first kappa shape index (κ1) is 15.2. The Hall–Kier alpha value is -0.860. The highest BCUT2D eigenvalue weighted by atomic mass is 15.4. The Morgan fingerprint density at radius 2 is 1.67 bits per heavy atom. The van der Waals surface area contributed by atoms with E-state index in [9.17, 15) is 0 Å².